The van der Waals surface area contributed by atoms with Gasteiger partial charge in [0.15, 0.2) is 0 Å². The zero-order valence-corrected chi connectivity index (χ0v) is 12.4. The Hall–Kier alpha value is -2.56. The van der Waals surface area contributed by atoms with Crippen LogP contribution in [0.1, 0.15) is 16.8 Å². The maximum atomic E-state index is 12.5. The predicted molar refractivity (Wildman–Crippen MR) is 81.8 cm³/mol. The van der Waals surface area contributed by atoms with Gasteiger partial charge in [0, 0.05) is 36.7 Å². The topological polar surface area (TPSA) is 51.5 Å². The Bertz CT molecular complexity index is 662. The first-order valence-electron chi connectivity index (χ1n) is 7.29. The lowest BCUT2D eigenvalue weighted by Crippen LogP contribution is -2.30. The van der Waals surface area contributed by atoms with Gasteiger partial charge in [0.1, 0.15) is 0 Å². The highest BCUT2D eigenvalue weighted by atomic mass is 16.5. The first-order valence-corrected chi connectivity index (χ1v) is 7.29. The number of hydrogen-bond donors (Lipinski definition) is 0. The van der Waals surface area contributed by atoms with Crippen LogP contribution in [0.5, 0.6) is 0 Å². The number of likely N-dealkylation sites (tertiary alicyclic amines) is 1. The summed E-state index contributed by atoms with van der Waals surface area (Å²) in [5.74, 6) is -0.475. The Balaban J connectivity index is 1.69. The highest BCUT2D eigenvalue weighted by Crippen LogP contribution is 2.20. The van der Waals surface area contributed by atoms with Gasteiger partial charge in [-0.1, -0.05) is 0 Å². The van der Waals surface area contributed by atoms with Crippen molar-refractivity contribution in [2.45, 2.75) is 6.42 Å². The van der Waals surface area contributed by atoms with Gasteiger partial charge in [0.05, 0.1) is 13.0 Å². The third-order valence-electron chi connectivity index (χ3n) is 4.03. The quantitative estimate of drug-likeness (QED) is 0.816. The third-order valence-corrected chi connectivity index (χ3v) is 4.03. The van der Waals surface area contributed by atoms with Gasteiger partial charge >= 0.3 is 5.97 Å². The van der Waals surface area contributed by atoms with E-state index in [1.165, 1.54) is 7.11 Å². The van der Waals surface area contributed by atoms with E-state index in [9.17, 15) is 9.59 Å². The molecule has 1 fully saturated rings. The normalized spacial score (nSPS) is 17.5. The molecule has 114 valence electrons. The first-order chi connectivity index (χ1) is 10.7. The number of esters is 1. The number of benzene rings is 1. The van der Waals surface area contributed by atoms with Gasteiger partial charge in [-0.05, 0) is 42.8 Å². The maximum Gasteiger partial charge on any atom is 0.310 e. The van der Waals surface area contributed by atoms with Crippen LogP contribution in [0.3, 0.4) is 0 Å². The van der Waals surface area contributed by atoms with Crippen LogP contribution in [0.15, 0.2) is 48.8 Å². The van der Waals surface area contributed by atoms with Crippen molar-refractivity contribution in [3.8, 4) is 5.69 Å². The average Bonchev–Trinajstić information content (AvgIpc) is 3.25. The number of carbonyl (C=O) groups excluding carboxylic acids is 2. The van der Waals surface area contributed by atoms with Gasteiger partial charge < -0.3 is 14.2 Å². The van der Waals surface area contributed by atoms with Crippen LogP contribution in [-0.2, 0) is 9.53 Å². The SMILES string of the molecule is COC(=O)C1CCN(C(=O)c2ccc(-n3cccc3)cc2)C1. The molecule has 1 atom stereocenters. The Morgan fingerprint density at radius 1 is 1.14 bits per heavy atom. The molecule has 22 heavy (non-hydrogen) atoms. The van der Waals surface area contributed by atoms with Crippen molar-refractivity contribution in [2.75, 3.05) is 20.2 Å². The molecule has 1 saturated heterocycles. The lowest BCUT2D eigenvalue weighted by Gasteiger charge is -2.16. The fraction of sp³-hybridized carbons (Fsp3) is 0.294. The van der Waals surface area contributed by atoms with Crippen LogP contribution < -0.4 is 0 Å². The zero-order chi connectivity index (χ0) is 15.5. The van der Waals surface area contributed by atoms with E-state index < -0.39 is 0 Å². The molecule has 0 spiro atoms. The summed E-state index contributed by atoms with van der Waals surface area (Å²) in [6.45, 7) is 1.03. The van der Waals surface area contributed by atoms with Crippen LogP contribution in [0, 0.1) is 5.92 Å². The Labute approximate surface area is 129 Å². The minimum atomic E-state index is -0.238. The summed E-state index contributed by atoms with van der Waals surface area (Å²) in [7, 11) is 1.38. The van der Waals surface area contributed by atoms with E-state index in [-0.39, 0.29) is 17.8 Å². The van der Waals surface area contributed by atoms with E-state index in [1.54, 1.807) is 4.90 Å². The fourth-order valence-electron chi connectivity index (χ4n) is 2.77. The Morgan fingerprint density at radius 3 is 2.45 bits per heavy atom. The van der Waals surface area contributed by atoms with Gasteiger partial charge in [-0.3, -0.25) is 9.59 Å². The summed E-state index contributed by atoms with van der Waals surface area (Å²) >= 11 is 0. The maximum absolute atomic E-state index is 12.5. The second-order valence-electron chi connectivity index (χ2n) is 5.40. The molecule has 5 nitrogen and oxygen atoms in total. The molecule has 2 aromatic rings. The van der Waals surface area contributed by atoms with Crippen molar-refractivity contribution >= 4 is 11.9 Å². The predicted octanol–water partition coefficient (Wildman–Crippen LogP) is 2.11. The molecule has 1 aromatic carbocycles. The highest BCUT2D eigenvalue weighted by molar-refractivity contribution is 5.95. The number of nitrogens with zero attached hydrogens (tertiary/aromatic N) is 2. The number of rotatable bonds is 3. The number of hydrogen-bond acceptors (Lipinski definition) is 3. The van der Waals surface area contributed by atoms with E-state index >= 15 is 0 Å². The standard InChI is InChI=1S/C17H18N2O3/c1-22-17(21)14-8-11-19(12-14)16(20)13-4-6-15(7-5-13)18-9-2-3-10-18/h2-7,9-10,14H,8,11-12H2,1H3. The fourth-order valence-corrected chi connectivity index (χ4v) is 2.77. The monoisotopic (exact) mass is 298 g/mol. The molecule has 0 radical (unpaired) electrons. The van der Waals surface area contributed by atoms with Crippen LogP contribution >= 0.6 is 0 Å². The van der Waals surface area contributed by atoms with Crippen molar-refractivity contribution in [2.24, 2.45) is 5.92 Å². The van der Waals surface area contributed by atoms with Crippen molar-refractivity contribution in [3.05, 3.63) is 54.4 Å². The average molecular weight is 298 g/mol. The van der Waals surface area contributed by atoms with E-state index in [0.29, 0.717) is 25.1 Å². The molecule has 0 bridgehead atoms. The molecule has 0 N–H and O–H groups in total. The summed E-state index contributed by atoms with van der Waals surface area (Å²) < 4.78 is 6.73. The molecule has 1 aliphatic rings. The number of methoxy groups -OCH3 is 1. The number of carbonyl (C=O) groups is 2. The number of ether oxygens (including phenoxy) is 1. The third kappa shape index (κ3) is 2.74. The van der Waals surface area contributed by atoms with E-state index in [2.05, 4.69) is 0 Å². The molecule has 1 amide bonds. The highest BCUT2D eigenvalue weighted by Gasteiger charge is 2.32. The molecule has 1 aliphatic heterocycles. The molecule has 0 saturated carbocycles. The van der Waals surface area contributed by atoms with Gasteiger partial charge in [0.2, 0.25) is 0 Å². The van der Waals surface area contributed by atoms with Gasteiger partial charge in [-0.2, -0.15) is 0 Å². The molecule has 1 aromatic heterocycles. The Morgan fingerprint density at radius 2 is 1.82 bits per heavy atom. The van der Waals surface area contributed by atoms with Crippen molar-refractivity contribution in [1.29, 1.82) is 0 Å². The summed E-state index contributed by atoms with van der Waals surface area (Å²) in [4.78, 5) is 25.7. The molecule has 3 rings (SSSR count). The van der Waals surface area contributed by atoms with Crippen LogP contribution in [-0.4, -0.2) is 41.5 Å². The molecular weight excluding hydrogens is 280 g/mol. The van der Waals surface area contributed by atoms with Crippen molar-refractivity contribution < 1.29 is 14.3 Å². The first kappa shape index (κ1) is 14.4. The second kappa shape index (κ2) is 6.05. The Kier molecular flexibility index (Phi) is 3.96. The van der Waals surface area contributed by atoms with E-state index in [1.807, 2.05) is 53.4 Å². The molecule has 0 aliphatic carbocycles. The molecule has 5 heteroatoms. The summed E-state index contributed by atoms with van der Waals surface area (Å²) in [6.07, 6.45) is 4.58. The molecule has 2 heterocycles. The minimum Gasteiger partial charge on any atom is -0.469 e. The van der Waals surface area contributed by atoms with Gasteiger partial charge in [0.25, 0.3) is 5.91 Å². The summed E-state index contributed by atoms with van der Waals surface area (Å²) in [5.41, 5.74) is 1.65. The zero-order valence-electron chi connectivity index (χ0n) is 12.4. The van der Waals surface area contributed by atoms with E-state index in [4.69, 9.17) is 4.74 Å². The molecular formula is C17H18N2O3. The smallest absolute Gasteiger partial charge is 0.310 e. The van der Waals surface area contributed by atoms with Gasteiger partial charge in [-0.15, -0.1) is 0 Å². The van der Waals surface area contributed by atoms with Crippen LogP contribution in [0.25, 0.3) is 5.69 Å². The lowest BCUT2D eigenvalue weighted by molar-refractivity contribution is -0.144. The summed E-state index contributed by atoms with van der Waals surface area (Å²) in [5, 5.41) is 0. The van der Waals surface area contributed by atoms with E-state index in [0.717, 1.165) is 5.69 Å². The largest absolute Gasteiger partial charge is 0.469 e. The van der Waals surface area contributed by atoms with Gasteiger partial charge in [-0.25, -0.2) is 0 Å². The molecule has 1 unspecified atom stereocenters. The second-order valence-corrected chi connectivity index (χ2v) is 5.40. The minimum absolute atomic E-state index is 0.0366. The van der Waals surface area contributed by atoms with Crippen molar-refractivity contribution in [1.82, 2.24) is 9.47 Å². The number of amides is 1. The lowest BCUT2D eigenvalue weighted by atomic mass is 10.1. The summed E-state index contributed by atoms with van der Waals surface area (Å²) in [6, 6.07) is 11.4. The van der Waals surface area contributed by atoms with Crippen LogP contribution in [0.2, 0.25) is 0 Å². The number of aromatic nitrogens is 1. The van der Waals surface area contributed by atoms with Crippen molar-refractivity contribution in [3.63, 3.8) is 0 Å². The van der Waals surface area contributed by atoms with Crippen LogP contribution in [0.4, 0.5) is 0 Å².